The van der Waals surface area contributed by atoms with Crippen LogP contribution in [-0.4, -0.2) is 31.4 Å². The van der Waals surface area contributed by atoms with E-state index in [0.29, 0.717) is 19.6 Å². The normalized spacial score (nSPS) is 18.8. The van der Waals surface area contributed by atoms with Crippen molar-refractivity contribution in [1.29, 1.82) is 0 Å². The number of amides is 2. The monoisotopic (exact) mass is 389 g/mol. The van der Waals surface area contributed by atoms with Gasteiger partial charge in [-0.2, -0.15) is 0 Å². The number of carbonyl (C=O) groups excluding carboxylic acids is 2. The zero-order valence-electron chi connectivity index (χ0n) is 12.4. The van der Waals surface area contributed by atoms with Crippen molar-refractivity contribution in [1.82, 2.24) is 5.32 Å². The van der Waals surface area contributed by atoms with Gasteiger partial charge in [0.15, 0.2) is 0 Å². The molecule has 1 aliphatic rings. The Morgan fingerprint density at radius 1 is 1.55 bits per heavy atom. The highest BCUT2D eigenvalue weighted by atomic mass is 79.9. The van der Waals surface area contributed by atoms with Gasteiger partial charge >= 0.3 is 0 Å². The number of nitrogens with zero attached hydrogens (tertiary/aromatic N) is 1. The Balaban J connectivity index is 0.00000242. The second-order valence-corrected chi connectivity index (χ2v) is 6.39. The van der Waals surface area contributed by atoms with Gasteiger partial charge in [-0.25, -0.2) is 0 Å². The molecule has 1 saturated heterocycles. The van der Waals surface area contributed by atoms with E-state index in [9.17, 15) is 9.59 Å². The van der Waals surface area contributed by atoms with E-state index in [1.807, 2.05) is 31.2 Å². The minimum atomic E-state index is -0.290. The Morgan fingerprint density at radius 3 is 2.91 bits per heavy atom. The molecular formula is C15H21BrClN3O2. The van der Waals surface area contributed by atoms with Gasteiger partial charge in [-0.05, 0) is 30.7 Å². The minimum absolute atomic E-state index is 0. The molecule has 3 N–H and O–H groups in total. The standard InChI is InChI=1S/C15H20BrN3O2.ClH/c1-10(7-17)8-18-15(21)11-5-14(20)19(9-11)13-4-2-3-12(16)6-13;/h2-4,6,10-11H,5,7-9,17H2,1H3,(H,18,21);1H. The second-order valence-electron chi connectivity index (χ2n) is 5.47. The largest absolute Gasteiger partial charge is 0.355 e. The smallest absolute Gasteiger partial charge is 0.227 e. The summed E-state index contributed by atoms with van der Waals surface area (Å²) in [6.45, 7) is 3.50. The lowest BCUT2D eigenvalue weighted by Crippen LogP contribution is -2.36. The first-order valence-corrected chi connectivity index (χ1v) is 7.84. The number of rotatable bonds is 5. The van der Waals surface area contributed by atoms with Gasteiger partial charge in [0.05, 0.1) is 5.92 Å². The number of halogens is 2. The lowest BCUT2D eigenvalue weighted by Gasteiger charge is -2.17. The Kier molecular flexibility index (Phi) is 7.32. The number of carbonyl (C=O) groups is 2. The predicted octanol–water partition coefficient (Wildman–Crippen LogP) is 1.93. The summed E-state index contributed by atoms with van der Waals surface area (Å²) in [4.78, 5) is 25.9. The van der Waals surface area contributed by atoms with Gasteiger partial charge in [0.1, 0.15) is 0 Å². The second kappa shape index (κ2) is 8.50. The molecule has 0 bridgehead atoms. The van der Waals surface area contributed by atoms with Crippen LogP contribution in [-0.2, 0) is 9.59 Å². The Labute approximate surface area is 145 Å². The summed E-state index contributed by atoms with van der Waals surface area (Å²) >= 11 is 3.39. The molecule has 7 heteroatoms. The van der Waals surface area contributed by atoms with E-state index in [1.165, 1.54) is 0 Å². The number of benzene rings is 1. The van der Waals surface area contributed by atoms with E-state index in [0.717, 1.165) is 10.2 Å². The topological polar surface area (TPSA) is 75.4 Å². The predicted molar refractivity (Wildman–Crippen MR) is 93.1 cm³/mol. The Morgan fingerprint density at radius 2 is 2.27 bits per heavy atom. The zero-order chi connectivity index (χ0) is 15.4. The lowest BCUT2D eigenvalue weighted by atomic mass is 10.1. The molecule has 0 aromatic heterocycles. The summed E-state index contributed by atoms with van der Waals surface area (Å²) in [5.74, 6) is -0.130. The Bertz CT molecular complexity index is 541. The van der Waals surface area contributed by atoms with Crippen LogP contribution in [0.3, 0.4) is 0 Å². The van der Waals surface area contributed by atoms with Gasteiger partial charge in [-0.15, -0.1) is 12.4 Å². The van der Waals surface area contributed by atoms with Crippen molar-refractivity contribution >= 4 is 45.8 Å². The number of hydrogen-bond donors (Lipinski definition) is 2. The fourth-order valence-corrected chi connectivity index (χ4v) is 2.67. The summed E-state index contributed by atoms with van der Waals surface area (Å²) in [6, 6.07) is 7.54. The maximum atomic E-state index is 12.1. The first-order chi connectivity index (χ1) is 10.0. The average molecular weight is 391 g/mol. The first-order valence-electron chi connectivity index (χ1n) is 7.05. The van der Waals surface area contributed by atoms with Crippen molar-refractivity contribution in [2.75, 3.05) is 24.5 Å². The van der Waals surface area contributed by atoms with E-state index in [4.69, 9.17) is 5.73 Å². The summed E-state index contributed by atoms with van der Waals surface area (Å²) < 4.78 is 0.914. The highest BCUT2D eigenvalue weighted by Crippen LogP contribution is 2.27. The highest BCUT2D eigenvalue weighted by Gasteiger charge is 2.35. The molecule has 5 nitrogen and oxygen atoms in total. The van der Waals surface area contributed by atoms with Gasteiger partial charge < -0.3 is 16.0 Å². The van der Waals surface area contributed by atoms with Crippen LogP contribution < -0.4 is 16.0 Å². The van der Waals surface area contributed by atoms with E-state index >= 15 is 0 Å². The van der Waals surface area contributed by atoms with Crippen LogP contribution >= 0.6 is 28.3 Å². The Hall–Kier alpha value is -1.11. The van der Waals surface area contributed by atoms with Crippen LogP contribution in [0.2, 0.25) is 0 Å². The molecule has 1 aromatic rings. The molecule has 1 heterocycles. The molecular weight excluding hydrogens is 370 g/mol. The molecule has 1 aliphatic heterocycles. The number of nitrogens with one attached hydrogen (secondary N) is 1. The molecule has 122 valence electrons. The van der Waals surface area contributed by atoms with Gasteiger partial charge in [0.25, 0.3) is 0 Å². The van der Waals surface area contributed by atoms with Crippen LogP contribution in [0.4, 0.5) is 5.69 Å². The summed E-state index contributed by atoms with van der Waals surface area (Å²) in [6.07, 6.45) is 0.259. The van der Waals surface area contributed by atoms with E-state index in [-0.39, 0.29) is 42.5 Å². The third kappa shape index (κ3) is 4.69. The van der Waals surface area contributed by atoms with E-state index in [2.05, 4.69) is 21.2 Å². The van der Waals surface area contributed by atoms with Crippen molar-refractivity contribution in [3.05, 3.63) is 28.7 Å². The maximum Gasteiger partial charge on any atom is 0.227 e. The van der Waals surface area contributed by atoms with E-state index < -0.39 is 0 Å². The van der Waals surface area contributed by atoms with Crippen molar-refractivity contribution in [3.63, 3.8) is 0 Å². The number of hydrogen-bond acceptors (Lipinski definition) is 3. The molecule has 2 amide bonds. The molecule has 1 aromatic carbocycles. The molecule has 1 fully saturated rings. The third-order valence-electron chi connectivity index (χ3n) is 3.64. The molecule has 0 aliphatic carbocycles. The number of anilines is 1. The fraction of sp³-hybridized carbons (Fsp3) is 0.467. The molecule has 0 radical (unpaired) electrons. The quantitative estimate of drug-likeness (QED) is 0.807. The van der Waals surface area contributed by atoms with Crippen LogP contribution in [0.25, 0.3) is 0 Å². The van der Waals surface area contributed by atoms with Crippen LogP contribution in [0, 0.1) is 11.8 Å². The third-order valence-corrected chi connectivity index (χ3v) is 4.14. The average Bonchev–Trinajstić information content (AvgIpc) is 2.86. The summed E-state index contributed by atoms with van der Waals surface area (Å²) in [7, 11) is 0. The molecule has 2 atom stereocenters. The maximum absolute atomic E-state index is 12.1. The lowest BCUT2D eigenvalue weighted by molar-refractivity contribution is -0.126. The molecule has 22 heavy (non-hydrogen) atoms. The van der Waals surface area contributed by atoms with Gasteiger partial charge in [-0.3, -0.25) is 9.59 Å². The molecule has 2 unspecified atom stereocenters. The zero-order valence-corrected chi connectivity index (χ0v) is 14.8. The molecule has 2 rings (SSSR count). The van der Waals surface area contributed by atoms with Crippen molar-refractivity contribution < 1.29 is 9.59 Å². The summed E-state index contributed by atoms with van der Waals surface area (Å²) in [5, 5.41) is 2.87. The van der Waals surface area contributed by atoms with Crippen LogP contribution in [0.1, 0.15) is 13.3 Å². The van der Waals surface area contributed by atoms with Crippen LogP contribution in [0.15, 0.2) is 28.7 Å². The van der Waals surface area contributed by atoms with Crippen molar-refractivity contribution in [2.45, 2.75) is 13.3 Å². The van der Waals surface area contributed by atoms with Gasteiger partial charge in [0, 0.05) is 29.7 Å². The molecule has 0 spiro atoms. The number of nitrogens with two attached hydrogens (primary N) is 1. The van der Waals surface area contributed by atoms with Crippen LogP contribution in [0.5, 0.6) is 0 Å². The fourth-order valence-electron chi connectivity index (χ4n) is 2.28. The van der Waals surface area contributed by atoms with Gasteiger partial charge in [-0.1, -0.05) is 28.9 Å². The molecule has 0 saturated carbocycles. The minimum Gasteiger partial charge on any atom is -0.355 e. The van der Waals surface area contributed by atoms with Crippen molar-refractivity contribution in [2.24, 2.45) is 17.6 Å². The van der Waals surface area contributed by atoms with Gasteiger partial charge in [0.2, 0.25) is 11.8 Å². The van der Waals surface area contributed by atoms with E-state index in [1.54, 1.807) is 4.90 Å². The highest BCUT2D eigenvalue weighted by molar-refractivity contribution is 9.10. The SMILES string of the molecule is CC(CN)CNC(=O)C1CC(=O)N(c2cccc(Br)c2)C1.Cl. The summed E-state index contributed by atoms with van der Waals surface area (Å²) in [5.41, 5.74) is 6.35. The first kappa shape index (κ1) is 18.9. The van der Waals surface area contributed by atoms with Crippen molar-refractivity contribution in [3.8, 4) is 0 Å².